The molecule has 0 bridgehead atoms. The second kappa shape index (κ2) is 4.95. The summed E-state index contributed by atoms with van der Waals surface area (Å²) in [5, 5.41) is 0. The largest absolute Gasteiger partial charge is 0.365 e. The molecule has 0 aromatic heterocycles. The number of carbonyl (C=O) groups excluding carboxylic acids is 2. The third-order valence-electron chi connectivity index (χ3n) is 3.54. The molecule has 0 radical (unpaired) electrons. The second-order valence-corrected chi connectivity index (χ2v) is 5.52. The lowest BCUT2D eigenvalue weighted by Gasteiger charge is -2.39. The molecule has 0 saturated carbocycles. The Balaban J connectivity index is 2.50. The van der Waals surface area contributed by atoms with Crippen LogP contribution in [-0.4, -0.2) is 42.9 Å². The number of likely N-dealkylation sites (tertiary alicyclic amines) is 1. The van der Waals surface area contributed by atoms with Crippen LogP contribution < -0.4 is 5.73 Å². The molecule has 1 fully saturated rings. The van der Waals surface area contributed by atoms with Gasteiger partial charge in [-0.15, -0.1) is 0 Å². The van der Waals surface area contributed by atoms with Gasteiger partial charge in [0.2, 0.25) is 0 Å². The van der Waals surface area contributed by atoms with Gasteiger partial charge in [-0.2, -0.15) is 0 Å². The molecule has 1 heterocycles. The summed E-state index contributed by atoms with van der Waals surface area (Å²) in [7, 11) is 2.04. The molecular formula is C12H23N2O2+. The second-order valence-electron chi connectivity index (χ2n) is 5.52. The first kappa shape index (κ1) is 13.2. The molecule has 0 spiro atoms. The molecule has 16 heavy (non-hydrogen) atoms. The number of nitrogens with zero attached hydrogens (tertiary/aromatic N) is 1. The number of piperidine rings is 1. The summed E-state index contributed by atoms with van der Waals surface area (Å²) >= 11 is 0. The quantitative estimate of drug-likeness (QED) is 0.713. The topological polar surface area (TPSA) is 60.2 Å². The average molecular weight is 227 g/mol. The highest BCUT2D eigenvalue weighted by Crippen LogP contribution is 2.24. The van der Waals surface area contributed by atoms with Crippen molar-refractivity contribution >= 4 is 11.7 Å². The summed E-state index contributed by atoms with van der Waals surface area (Å²) in [4.78, 5) is 22.8. The fourth-order valence-corrected chi connectivity index (χ4v) is 2.48. The van der Waals surface area contributed by atoms with E-state index in [1.54, 1.807) is 0 Å². The molecule has 92 valence electrons. The van der Waals surface area contributed by atoms with Crippen LogP contribution >= 0.6 is 0 Å². The number of ketones is 1. The monoisotopic (exact) mass is 227 g/mol. The van der Waals surface area contributed by atoms with Crippen LogP contribution in [0.1, 0.15) is 26.7 Å². The molecule has 0 aromatic carbocycles. The summed E-state index contributed by atoms with van der Waals surface area (Å²) in [6.45, 7) is 6.06. The molecule has 4 heteroatoms. The van der Waals surface area contributed by atoms with E-state index in [2.05, 4.69) is 0 Å². The van der Waals surface area contributed by atoms with E-state index in [-0.39, 0.29) is 17.7 Å². The molecule has 0 aliphatic carbocycles. The Morgan fingerprint density at radius 3 is 2.19 bits per heavy atom. The van der Waals surface area contributed by atoms with E-state index in [0.29, 0.717) is 16.8 Å². The van der Waals surface area contributed by atoms with Crippen molar-refractivity contribution in [3.63, 3.8) is 0 Å². The van der Waals surface area contributed by atoms with E-state index < -0.39 is 0 Å². The minimum Gasteiger partial charge on any atom is -0.365 e. The number of amides is 1. The first-order valence-corrected chi connectivity index (χ1v) is 5.99. The van der Waals surface area contributed by atoms with Gasteiger partial charge in [-0.05, 0) is 0 Å². The van der Waals surface area contributed by atoms with Crippen LogP contribution in [0.25, 0.3) is 0 Å². The number of nitrogens with two attached hydrogens (primary N) is 1. The maximum absolute atomic E-state index is 11.8. The van der Waals surface area contributed by atoms with E-state index in [1.807, 2.05) is 20.9 Å². The number of Topliss-reactive ketones (excluding diaryl/α,β-unsaturated/α-hetero) is 1. The molecule has 1 saturated heterocycles. The van der Waals surface area contributed by atoms with Crippen molar-refractivity contribution in [1.82, 2.24) is 0 Å². The first-order chi connectivity index (χ1) is 7.34. The van der Waals surface area contributed by atoms with Crippen molar-refractivity contribution in [2.45, 2.75) is 26.7 Å². The van der Waals surface area contributed by atoms with E-state index in [0.717, 1.165) is 25.9 Å². The zero-order chi connectivity index (χ0) is 12.3. The Kier molecular flexibility index (Phi) is 4.08. The van der Waals surface area contributed by atoms with Gasteiger partial charge in [0.25, 0.3) is 5.91 Å². The average Bonchev–Trinajstić information content (AvgIpc) is 2.16. The van der Waals surface area contributed by atoms with Crippen molar-refractivity contribution in [2.75, 3.05) is 26.7 Å². The molecule has 0 aromatic rings. The van der Waals surface area contributed by atoms with E-state index in [9.17, 15) is 9.59 Å². The molecule has 1 amide bonds. The van der Waals surface area contributed by atoms with Gasteiger partial charge in [-0.25, -0.2) is 0 Å². The highest BCUT2D eigenvalue weighted by atomic mass is 16.1. The Hall–Kier alpha value is -0.900. The standard InChI is InChI=1S/C12H22N2O2/c1-9(2)12(16)10-4-6-14(3,7-5-10)8-11(13)15/h9-10H,4-8H2,1-3H3,(H-,13,15)/p+1/t10-,14+. The molecule has 0 atom stereocenters. The number of carbonyl (C=O) groups is 2. The molecule has 4 nitrogen and oxygen atoms in total. The lowest BCUT2D eigenvalue weighted by Crippen LogP contribution is -2.54. The number of likely N-dealkylation sites (N-methyl/N-ethyl adjacent to an activating group) is 1. The summed E-state index contributed by atoms with van der Waals surface area (Å²) in [5.41, 5.74) is 5.23. The number of quaternary nitrogens is 1. The van der Waals surface area contributed by atoms with Crippen molar-refractivity contribution in [1.29, 1.82) is 0 Å². The Morgan fingerprint density at radius 2 is 1.81 bits per heavy atom. The molecule has 1 aliphatic heterocycles. The molecule has 2 N–H and O–H groups in total. The zero-order valence-electron chi connectivity index (χ0n) is 10.5. The highest BCUT2D eigenvalue weighted by molar-refractivity contribution is 5.82. The Bertz CT molecular complexity index is 279. The summed E-state index contributed by atoms with van der Waals surface area (Å²) in [6, 6.07) is 0. The van der Waals surface area contributed by atoms with Crippen molar-refractivity contribution < 1.29 is 14.1 Å². The summed E-state index contributed by atoms with van der Waals surface area (Å²) in [6.07, 6.45) is 1.78. The van der Waals surface area contributed by atoms with Gasteiger partial charge in [0.1, 0.15) is 5.78 Å². The summed E-state index contributed by atoms with van der Waals surface area (Å²) < 4.78 is 0.692. The van der Waals surface area contributed by atoms with Crippen molar-refractivity contribution in [2.24, 2.45) is 17.6 Å². The predicted octanol–water partition coefficient (Wildman–Crippen LogP) is 0.553. The van der Waals surface area contributed by atoms with Crippen LogP contribution in [0.15, 0.2) is 0 Å². The Labute approximate surface area is 97.4 Å². The van der Waals surface area contributed by atoms with Gasteiger partial charge in [0.05, 0.1) is 20.1 Å². The van der Waals surface area contributed by atoms with Gasteiger partial charge in [-0.3, -0.25) is 9.59 Å². The fourth-order valence-electron chi connectivity index (χ4n) is 2.48. The highest BCUT2D eigenvalue weighted by Gasteiger charge is 2.34. The minimum absolute atomic E-state index is 0.123. The van der Waals surface area contributed by atoms with Crippen molar-refractivity contribution in [3.05, 3.63) is 0 Å². The third-order valence-corrected chi connectivity index (χ3v) is 3.54. The van der Waals surface area contributed by atoms with Crippen LogP contribution in [-0.2, 0) is 9.59 Å². The third kappa shape index (κ3) is 3.30. The van der Waals surface area contributed by atoms with Gasteiger partial charge in [-0.1, -0.05) is 13.8 Å². The lowest BCUT2D eigenvalue weighted by molar-refractivity contribution is -0.907. The van der Waals surface area contributed by atoms with E-state index >= 15 is 0 Å². The molecule has 0 unspecified atom stereocenters. The minimum atomic E-state index is -0.254. The molecule has 1 rings (SSSR count). The fraction of sp³-hybridized carbons (Fsp3) is 0.833. The molecular weight excluding hydrogens is 204 g/mol. The van der Waals surface area contributed by atoms with E-state index in [4.69, 9.17) is 5.73 Å². The van der Waals surface area contributed by atoms with Gasteiger partial charge < -0.3 is 10.2 Å². The van der Waals surface area contributed by atoms with Crippen LogP contribution in [0, 0.1) is 11.8 Å². The van der Waals surface area contributed by atoms with Crippen LogP contribution in [0.2, 0.25) is 0 Å². The van der Waals surface area contributed by atoms with Gasteiger partial charge in [0.15, 0.2) is 6.54 Å². The normalized spacial score (nSPS) is 30.4. The maximum Gasteiger partial charge on any atom is 0.272 e. The Morgan fingerprint density at radius 1 is 1.31 bits per heavy atom. The SMILES string of the molecule is CC(C)C(=O)[C@H]1CC[N@@+](C)(CC(N)=O)CC1. The van der Waals surface area contributed by atoms with Crippen LogP contribution in [0.4, 0.5) is 0 Å². The number of primary amides is 1. The van der Waals surface area contributed by atoms with Gasteiger partial charge in [0, 0.05) is 24.7 Å². The van der Waals surface area contributed by atoms with Crippen molar-refractivity contribution in [3.8, 4) is 0 Å². The smallest absolute Gasteiger partial charge is 0.272 e. The molecule has 1 aliphatic rings. The number of rotatable bonds is 4. The lowest BCUT2D eigenvalue weighted by atomic mass is 9.86. The first-order valence-electron chi connectivity index (χ1n) is 5.99. The maximum atomic E-state index is 11.8. The number of hydrogen-bond acceptors (Lipinski definition) is 2. The summed E-state index contributed by atoms with van der Waals surface area (Å²) in [5.74, 6) is 0.429. The van der Waals surface area contributed by atoms with Gasteiger partial charge >= 0.3 is 0 Å². The number of hydrogen-bond donors (Lipinski definition) is 1. The van der Waals surface area contributed by atoms with Crippen LogP contribution in [0.5, 0.6) is 0 Å². The zero-order valence-corrected chi connectivity index (χ0v) is 10.5. The predicted molar refractivity (Wildman–Crippen MR) is 62.5 cm³/mol. The van der Waals surface area contributed by atoms with E-state index in [1.165, 1.54) is 0 Å². The van der Waals surface area contributed by atoms with Crippen LogP contribution in [0.3, 0.4) is 0 Å².